The Hall–Kier alpha value is -5.87. The first-order chi connectivity index (χ1) is 28.3. The lowest BCUT2D eigenvalue weighted by Gasteiger charge is -2.31. The summed E-state index contributed by atoms with van der Waals surface area (Å²) in [7, 11) is 1.58. The van der Waals surface area contributed by atoms with Crippen molar-refractivity contribution in [3.05, 3.63) is 137 Å². The molecule has 0 bridgehead atoms. The first-order valence-corrected chi connectivity index (χ1v) is 20.5. The van der Waals surface area contributed by atoms with E-state index >= 15 is 0 Å². The highest BCUT2D eigenvalue weighted by molar-refractivity contribution is 5.99. The Morgan fingerprint density at radius 3 is 2.19 bits per heavy atom. The molecule has 10 heteroatoms. The summed E-state index contributed by atoms with van der Waals surface area (Å²) in [6.45, 7) is 0.192. The molecule has 2 unspecified atom stereocenters. The van der Waals surface area contributed by atoms with Gasteiger partial charge in [0.15, 0.2) is 29.2 Å². The van der Waals surface area contributed by atoms with E-state index in [-0.39, 0.29) is 31.1 Å². The maximum Gasteiger partial charge on any atom is 0.257 e. The molecule has 3 aliphatic rings. The maximum absolute atomic E-state index is 14.0. The van der Waals surface area contributed by atoms with Crippen molar-refractivity contribution in [2.75, 3.05) is 7.11 Å². The van der Waals surface area contributed by atoms with Gasteiger partial charge in [-0.3, -0.25) is 14.6 Å². The average Bonchev–Trinajstić information content (AvgIpc) is 4.01. The summed E-state index contributed by atoms with van der Waals surface area (Å²) < 4.78 is 24.9. The fourth-order valence-electron chi connectivity index (χ4n) is 8.63. The second-order valence-electron chi connectivity index (χ2n) is 15.6. The van der Waals surface area contributed by atoms with Crippen LogP contribution in [0.25, 0.3) is 11.1 Å². The van der Waals surface area contributed by atoms with Gasteiger partial charge in [-0.05, 0) is 134 Å². The molecule has 1 aliphatic heterocycles. The van der Waals surface area contributed by atoms with Gasteiger partial charge >= 0.3 is 0 Å². The third-order valence-electron chi connectivity index (χ3n) is 11.7. The van der Waals surface area contributed by atoms with E-state index in [0.29, 0.717) is 33.9 Å². The highest BCUT2D eigenvalue weighted by atomic mass is 16.5. The van der Waals surface area contributed by atoms with Crippen molar-refractivity contribution in [3.8, 4) is 34.1 Å². The van der Waals surface area contributed by atoms with E-state index in [2.05, 4.69) is 35.3 Å². The lowest BCUT2D eigenvalue weighted by molar-refractivity contribution is -0.119. The lowest BCUT2D eigenvalue weighted by atomic mass is 9.97. The molecule has 3 N–H and O–H groups in total. The second-order valence-corrected chi connectivity index (χ2v) is 15.6. The summed E-state index contributed by atoms with van der Waals surface area (Å²) in [6, 6.07) is 28.5. The number of carbonyl (C=O) groups is 2. The number of nitrogens with zero attached hydrogens (tertiary/aromatic N) is 2. The zero-order valence-electron chi connectivity index (χ0n) is 33.0. The highest BCUT2D eigenvalue weighted by Gasteiger charge is 2.41. The Bertz CT molecular complexity index is 2230. The fraction of sp³-hybridized carbons (Fsp3) is 0.354. The number of aliphatic hydroxyl groups is 1. The number of primary amides is 1. The molecule has 1 aromatic heterocycles. The SMILES string of the molecule is COc1ccc(C(CC(N)=O)N2C(=O)c3ccc(COc4ccc(CCc5ccncc5-c5ccccc5)cc4OC4CCCC4)cc3C2O)cc1OC1CCCC1. The van der Waals surface area contributed by atoms with Gasteiger partial charge in [-0.25, -0.2) is 0 Å². The molecular formula is C48H51N3O7. The number of pyridine rings is 1. The van der Waals surface area contributed by atoms with Gasteiger partial charge in [0.1, 0.15) is 6.61 Å². The van der Waals surface area contributed by atoms with Gasteiger partial charge < -0.3 is 34.7 Å². The van der Waals surface area contributed by atoms with Crippen LogP contribution >= 0.6 is 0 Å². The fourth-order valence-corrected chi connectivity index (χ4v) is 8.63. The number of amides is 2. The minimum atomic E-state index is -1.31. The summed E-state index contributed by atoms with van der Waals surface area (Å²) in [4.78, 5) is 32.1. The smallest absolute Gasteiger partial charge is 0.257 e. The minimum absolute atomic E-state index is 0.0669. The summed E-state index contributed by atoms with van der Waals surface area (Å²) >= 11 is 0. The number of carbonyl (C=O) groups excluding carboxylic acids is 2. The zero-order chi connectivity index (χ0) is 40.0. The predicted octanol–water partition coefficient (Wildman–Crippen LogP) is 8.83. The largest absolute Gasteiger partial charge is 0.493 e. The predicted molar refractivity (Wildman–Crippen MR) is 221 cm³/mol. The molecule has 2 heterocycles. The molecule has 2 atom stereocenters. The normalized spacial score (nSPS) is 17.3. The number of aliphatic hydroxyl groups excluding tert-OH is 1. The van der Waals surface area contributed by atoms with E-state index < -0.39 is 18.2 Å². The van der Waals surface area contributed by atoms with Gasteiger partial charge in [0.25, 0.3) is 5.91 Å². The summed E-state index contributed by atoms with van der Waals surface area (Å²) in [5.74, 6) is 1.47. The van der Waals surface area contributed by atoms with Gasteiger partial charge in [-0.2, -0.15) is 0 Å². The Kier molecular flexibility index (Phi) is 11.9. The molecule has 2 amide bonds. The molecule has 2 aliphatic carbocycles. The summed E-state index contributed by atoms with van der Waals surface area (Å²) in [6.07, 6.45) is 12.6. The quantitative estimate of drug-likeness (QED) is 0.102. The molecule has 300 valence electrons. The van der Waals surface area contributed by atoms with E-state index in [1.807, 2.05) is 42.7 Å². The molecule has 0 saturated heterocycles. The second kappa shape index (κ2) is 17.7. The van der Waals surface area contributed by atoms with Gasteiger partial charge in [0, 0.05) is 29.1 Å². The van der Waals surface area contributed by atoms with Crippen molar-refractivity contribution in [2.45, 2.75) is 102 Å². The number of fused-ring (bicyclic) bond motifs is 1. The number of nitrogens with two attached hydrogens (primary N) is 1. The van der Waals surface area contributed by atoms with Crippen LogP contribution in [0, 0.1) is 0 Å². The van der Waals surface area contributed by atoms with Crippen LogP contribution in [-0.4, -0.2) is 46.1 Å². The lowest BCUT2D eigenvalue weighted by Crippen LogP contribution is -2.35. The molecule has 10 nitrogen and oxygen atoms in total. The van der Waals surface area contributed by atoms with Crippen LogP contribution in [0.1, 0.15) is 108 Å². The Morgan fingerprint density at radius 1 is 0.793 bits per heavy atom. The third-order valence-corrected chi connectivity index (χ3v) is 11.7. The molecule has 4 aromatic carbocycles. The number of aryl methyl sites for hydroxylation is 2. The van der Waals surface area contributed by atoms with E-state index in [4.69, 9.17) is 24.7 Å². The number of benzene rings is 4. The number of hydrogen-bond donors (Lipinski definition) is 2. The van der Waals surface area contributed by atoms with Crippen LogP contribution in [0.2, 0.25) is 0 Å². The Morgan fingerprint density at radius 2 is 1.48 bits per heavy atom. The van der Waals surface area contributed by atoms with Crippen LogP contribution in [-0.2, 0) is 24.2 Å². The monoisotopic (exact) mass is 781 g/mol. The van der Waals surface area contributed by atoms with Crippen LogP contribution in [0.15, 0.2) is 103 Å². The van der Waals surface area contributed by atoms with Crippen molar-refractivity contribution in [1.29, 1.82) is 0 Å². The molecule has 5 aromatic rings. The molecule has 0 spiro atoms. The van der Waals surface area contributed by atoms with Crippen LogP contribution < -0.4 is 24.7 Å². The summed E-state index contributed by atoms with van der Waals surface area (Å²) in [5, 5.41) is 11.7. The first-order valence-electron chi connectivity index (χ1n) is 20.5. The van der Waals surface area contributed by atoms with Crippen molar-refractivity contribution < 1.29 is 33.6 Å². The third kappa shape index (κ3) is 8.67. The zero-order valence-corrected chi connectivity index (χ0v) is 33.0. The maximum atomic E-state index is 14.0. The van der Waals surface area contributed by atoms with Crippen molar-refractivity contribution >= 4 is 11.8 Å². The highest BCUT2D eigenvalue weighted by Crippen LogP contribution is 2.43. The molecule has 0 radical (unpaired) electrons. The number of rotatable bonds is 16. The van der Waals surface area contributed by atoms with E-state index in [1.165, 1.54) is 10.5 Å². The van der Waals surface area contributed by atoms with Crippen LogP contribution in [0.4, 0.5) is 0 Å². The number of ether oxygens (including phenoxy) is 4. The molecule has 2 fully saturated rings. The number of aromatic nitrogens is 1. The van der Waals surface area contributed by atoms with Gasteiger partial charge in [0.05, 0.1) is 31.8 Å². The number of methoxy groups -OCH3 is 1. The molecule has 2 saturated carbocycles. The van der Waals surface area contributed by atoms with Gasteiger partial charge in [-0.15, -0.1) is 0 Å². The van der Waals surface area contributed by atoms with Crippen molar-refractivity contribution in [1.82, 2.24) is 9.88 Å². The minimum Gasteiger partial charge on any atom is -0.493 e. The first kappa shape index (κ1) is 39.0. The van der Waals surface area contributed by atoms with E-state index in [0.717, 1.165) is 92.2 Å². The van der Waals surface area contributed by atoms with Gasteiger partial charge in [0.2, 0.25) is 5.91 Å². The molecule has 8 rings (SSSR count). The Labute approximate surface area is 339 Å². The van der Waals surface area contributed by atoms with Crippen LogP contribution in [0.5, 0.6) is 23.0 Å². The average molecular weight is 782 g/mol. The van der Waals surface area contributed by atoms with Gasteiger partial charge in [-0.1, -0.05) is 48.5 Å². The molecular weight excluding hydrogens is 731 g/mol. The van der Waals surface area contributed by atoms with E-state index in [1.54, 1.807) is 37.4 Å². The Balaban J connectivity index is 0.996. The standard InChI is InChI=1S/C48H51N3O7/c1-55-42-22-19-35(27-45(42)58-37-13-7-8-14-37)41(28-46(49)52)51-47(53)38-20-16-32(25-39(38)48(51)54)30-56-43-21-17-31(26-44(43)57-36-11-5-6-12-36)15-18-34-23-24-50-29-40(34)33-9-3-2-4-10-33/h2-4,9-10,16-17,19-27,29,36-37,41,48,54H,5-8,11-15,18,28,30H2,1H3,(H2,49,52). The van der Waals surface area contributed by atoms with Crippen LogP contribution in [0.3, 0.4) is 0 Å². The van der Waals surface area contributed by atoms with Crippen molar-refractivity contribution in [2.24, 2.45) is 5.73 Å². The summed E-state index contributed by atoms with van der Waals surface area (Å²) in [5.41, 5.74) is 12.6. The number of hydrogen-bond acceptors (Lipinski definition) is 8. The van der Waals surface area contributed by atoms with Crippen molar-refractivity contribution in [3.63, 3.8) is 0 Å². The molecule has 58 heavy (non-hydrogen) atoms. The topological polar surface area (TPSA) is 133 Å². The van der Waals surface area contributed by atoms with E-state index in [9.17, 15) is 14.7 Å².